The molecule has 2 rings (SSSR count). The van der Waals surface area contributed by atoms with Crippen LogP contribution in [0.15, 0.2) is 28.7 Å². The van der Waals surface area contributed by atoms with Gasteiger partial charge in [0, 0.05) is 5.56 Å². The minimum absolute atomic E-state index is 0.197. The zero-order valence-corrected chi connectivity index (χ0v) is 11.8. The fourth-order valence-corrected chi connectivity index (χ4v) is 2.57. The Labute approximate surface area is 109 Å². The Morgan fingerprint density at radius 3 is 2.22 bits per heavy atom. The predicted octanol–water partition coefficient (Wildman–Crippen LogP) is 3.82. The fourth-order valence-electron chi connectivity index (χ4n) is 2.57. The van der Waals surface area contributed by atoms with Gasteiger partial charge in [-0.25, -0.2) is 0 Å². The molecule has 0 aliphatic carbocycles. The van der Waals surface area contributed by atoms with Crippen molar-refractivity contribution in [1.82, 2.24) is 5.32 Å². The van der Waals surface area contributed by atoms with Crippen molar-refractivity contribution in [2.75, 3.05) is 7.05 Å². The number of nitrogens with one attached hydrogen (secondary N) is 1. The van der Waals surface area contributed by atoms with Gasteiger partial charge in [-0.3, -0.25) is 0 Å². The maximum absolute atomic E-state index is 5.64. The molecule has 1 atom stereocenters. The van der Waals surface area contributed by atoms with E-state index in [1.54, 1.807) is 0 Å². The van der Waals surface area contributed by atoms with E-state index in [-0.39, 0.29) is 6.04 Å². The highest BCUT2D eigenvalue weighted by Crippen LogP contribution is 2.29. The van der Waals surface area contributed by atoms with Crippen molar-refractivity contribution in [2.24, 2.45) is 0 Å². The average Bonchev–Trinajstić information content (AvgIpc) is 2.62. The zero-order chi connectivity index (χ0) is 13.3. The van der Waals surface area contributed by atoms with E-state index in [9.17, 15) is 0 Å². The van der Waals surface area contributed by atoms with Crippen LogP contribution in [-0.4, -0.2) is 7.05 Å². The van der Waals surface area contributed by atoms with Crippen molar-refractivity contribution in [3.8, 4) is 0 Å². The number of aryl methyl sites for hydroxylation is 4. The van der Waals surface area contributed by atoms with E-state index < -0.39 is 0 Å². The highest BCUT2D eigenvalue weighted by atomic mass is 16.3. The van der Waals surface area contributed by atoms with Gasteiger partial charge in [-0.15, -0.1) is 0 Å². The molecule has 96 valence electrons. The Kier molecular flexibility index (Phi) is 3.58. The summed E-state index contributed by atoms with van der Waals surface area (Å²) in [6, 6.07) is 8.91. The summed E-state index contributed by atoms with van der Waals surface area (Å²) in [6.07, 6.45) is 0. The first-order valence-electron chi connectivity index (χ1n) is 6.34. The first-order chi connectivity index (χ1) is 8.52. The lowest BCUT2D eigenvalue weighted by atomic mass is 9.94. The lowest BCUT2D eigenvalue weighted by molar-refractivity contribution is 0.497. The van der Waals surface area contributed by atoms with Gasteiger partial charge in [-0.2, -0.15) is 0 Å². The molecule has 1 N–H and O–H groups in total. The molecule has 1 aromatic heterocycles. The third-order valence-corrected chi connectivity index (χ3v) is 3.42. The van der Waals surface area contributed by atoms with Gasteiger partial charge in [-0.05, 0) is 51.9 Å². The number of rotatable bonds is 3. The van der Waals surface area contributed by atoms with Crippen LogP contribution < -0.4 is 5.32 Å². The van der Waals surface area contributed by atoms with E-state index in [1.165, 1.54) is 22.3 Å². The van der Waals surface area contributed by atoms with Crippen LogP contribution in [0.3, 0.4) is 0 Å². The molecule has 0 aliphatic rings. The van der Waals surface area contributed by atoms with Crippen LogP contribution in [0.4, 0.5) is 0 Å². The van der Waals surface area contributed by atoms with Crippen molar-refractivity contribution in [2.45, 2.75) is 33.7 Å². The summed E-state index contributed by atoms with van der Waals surface area (Å²) in [7, 11) is 1.99. The van der Waals surface area contributed by atoms with E-state index in [1.807, 2.05) is 20.9 Å². The van der Waals surface area contributed by atoms with Crippen molar-refractivity contribution in [3.05, 3.63) is 58.0 Å². The van der Waals surface area contributed by atoms with E-state index in [2.05, 4.69) is 43.4 Å². The standard InChI is InChI=1S/C16H21NO/c1-10-6-7-14(11(2)8-10)16(17-5)15-9-12(3)18-13(15)4/h6-9,16-17H,1-5H3. The van der Waals surface area contributed by atoms with Crippen LogP contribution in [-0.2, 0) is 0 Å². The third kappa shape index (κ3) is 2.34. The third-order valence-electron chi connectivity index (χ3n) is 3.42. The van der Waals surface area contributed by atoms with Gasteiger partial charge in [0.1, 0.15) is 11.5 Å². The minimum Gasteiger partial charge on any atom is -0.466 e. The quantitative estimate of drug-likeness (QED) is 0.886. The van der Waals surface area contributed by atoms with Gasteiger partial charge < -0.3 is 9.73 Å². The molecule has 0 amide bonds. The molecule has 0 aliphatic heterocycles. The SMILES string of the molecule is CNC(c1ccc(C)cc1C)c1cc(C)oc1C. The van der Waals surface area contributed by atoms with Crippen LogP contribution in [0.5, 0.6) is 0 Å². The van der Waals surface area contributed by atoms with Gasteiger partial charge in [-0.1, -0.05) is 23.8 Å². The molecule has 0 saturated heterocycles. The van der Waals surface area contributed by atoms with E-state index in [0.29, 0.717) is 0 Å². The second-order valence-corrected chi connectivity index (χ2v) is 4.95. The maximum Gasteiger partial charge on any atom is 0.106 e. The van der Waals surface area contributed by atoms with Crippen LogP contribution in [0, 0.1) is 27.7 Å². The molecular weight excluding hydrogens is 222 g/mol. The normalized spacial score (nSPS) is 12.7. The maximum atomic E-state index is 5.64. The van der Waals surface area contributed by atoms with Crippen LogP contribution in [0.25, 0.3) is 0 Å². The molecule has 0 bridgehead atoms. The van der Waals surface area contributed by atoms with E-state index >= 15 is 0 Å². The molecule has 1 heterocycles. The fraction of sp³-hybridized carbons (Fsp3) is 0.375. The van der Waals surface area contributed by atoms with Gasteiger partial charge in [0.15, 0.2) is 0 Å². The monoisotopic (exact) mass is 243 g/mol. The van der Waals surface area contributed by atoms with Crippen molar-refractivity contribution >= 4 is 0 Å². The summed E-state index contributed by atoms with van der Waals surface area (Å²) in [4.78, 5) is 0. The van der Waals surface area contributed by atoms with Gasteiger partial charge in [0.25, 0.3) is 0 Å². The molecule has 0 saturated carbocycles. The summed E-state index contributed by atoms with van der Waals surface area (Å²) < 4.78 is 5.64. The van der Waals surface area contributed by atoms with E-state index in [4.69, 9.17) is 4.42 Å². The predicted molar refractivity (Wildman–Crippen MR) is 75.0 cm³/mol. The highest BCUT2D eigenvalue weighted by molar-refractivity contribution is 5.40. The summed E-state index contributed by atoms with van der Waals surface area (Å²) in [6.45, 7) is 8.30. The second-order valence-electron chi connectivity index (χ2n) is 4.95. The molecule has 2 nitrogen and oxygen atoms in total. The van der Waals surface area contributed by atoms with Crippen molar-refractivity contribution < 1.29 is 4.42 Å². The first-order valence-corrected chi connectivity index (χ1v) is 6.34. The minimum atomic E-state index is 0.197. The second kappa shape index (κ2) is 4.99. The molecule has 2 aromatic rings. The summed E-state index contributed by atoms with van der Waals surface area (Å²) in [5.41, 5.74) is 5.15. The number of benzene rings is 1. The van der Waals surface area contributed by atoms with Crippen molar-refractivity contribution in [3.63, 3.8) is 0 Å². The number of hydrogen-bond acceptors (Lipinski definition) is 2. The summed E-state index contributed by atoms with van der Waals surface area (Å²) in [5.74, 6) is 1.96. The molecule has 2 heteroatoms. The molecule has 1 aromatic carbocycles. The number of furan rings is 1. The Morgan fingerprint density at radius 1 is 1.00 bits per heavy atom. The molecule has 0 radical (unpaired) electrons. The van der Waals surface area contributed by atoms with Gasteiger partial charge in [0.2, 0.25) is 0 Å². The molecule has 0 spiro atoms. The summed E-state index contributed by atoms with van der Waals surface area (Å²) >= 11 is 0. The van der Waals surface area contributed by atoms with Gasteiger partial charge in [0.05, 0.1) is 6.04 Å². The Bertz CT molecular complexity index is 554. The zero-order valence-electron chi connectivity index (χ0n) is 11.8. The van der Waals surface area contributed by atoms with Crippen LogP contribution >= 0.6 is 0 Å². The molecular formula is C16H21NO. The largest absolute Gasteiger partial charge is 0.466 e. The smallest absolute Gasteiger partial charge is 0.106 e. The highest BCUT2D eigenvalue weighted by Gasteiger charge is 2.18. The Balaban J connectivity index is 2.48. The molecule has 18 heavy (non-hydrogen) atoms. The van der Waals surface area contributed by atoms with Gasteiger partial charge >= 0.3 is 0 Å². The average molecular weight is 243 g/mol. The summed E-state index contributed by atoms with van der Waals surface area (Å²) in [5, 5.41) is 3.39. The molecule has 0 fully saturated rings. The number of hydrogen-bond donors (Lipinski definition) is 1. The lowest BCUT2D eigenvalue weighted by Crippen LogP contribution is -2.19. The molecule has 1 unspecified atom stereocenters. The van der Waals surface area contributed by atoms with E-state index in [0.717, 1.165) is 11.5 Å². The Morgan fingerprint density at radius 2 is 1.72 bits per heavy atom. The van der Waals surface area contributed by atoms with Crippen molar-refractivity contribution in [1.29, 1.82) is 0 Å². The lowest BCUT2D eigenvalue weighted by Gasteiger charge is -2.19. The van der Waals surface area contributed by atoms with Crippen LogP contribution in [0.1, 0.15) is 39.8 Å². The first kappa shape index (κ1) is 12.9. The topological polar surface area (TPSA) is 25.2 Å². The Hall–Kier alpha value is -1.54. The van der Waals surface area contributed by atoms with Crippen LogP contribution in [0.2, 0.25) is 0 Å².